The van der Waals surface area contributed by atoms with Crippen LogP contribution >= 0.6 is 0 Å². The highest BCUT2D eigenvalue weighted by molar-refractivity contribution is 5.80. The van der Waals surface area contributed by atoms with E-state index in [1.54, 1.807) is 0 Å². The molecule has 26 heavy (non-hydrogen) atoms. The number of nitrogens with zero attached hydrogens (tertiary/aromatic N) is 3. The molecule has 150 valence electrons. The highest BCUT2D eigenvalue weighted by atomic mass is 16.5. The SMILES string of the molecule is CCNC(=NCCCOC1CCOCC1)N1CCC(CN2CCCC2)C1. The molecule has 0 bridgehead atoms. The van der Waals surface area contributed by atoms with Crippen molar-refractivity contribution < 1.29 is 9.47 Å². The van der Waals surface area contributed by atoms with Gasteiger partial charge in [-0.3, -0.25) is 4.99 Å². The van der Waals surface area contributed by atoms with Gasteiger partial charge in [-0.15, -0.1) is 0 Å². The minimum absolute atomic E-state index is 0.394. The summed E-state index contributed by atoms with van der Waals surface area (Å²) < 4.78 is 11.3. The molecule has 3 aliphatic heterocycles. The molecule has 1 atom stereocenters. The molecule has 3 aliphatic rings. The van der Waals surface area contributed by atoms with Crippen LogP contribution in [0.1, 0.15) is 45.4 Å². The van der Waals surface area contributed by atoms with Crippen molar-refractivity contribution in [3.05, 3.63) is 0 Å². The molecule has 0 saturated carbocycles. The van der Waals surface area contributed by atoms with Crippen LogP contribution in [0.4, 0.5) is 0 Å². The fourth-order valence-electron chi connectivity index (χ4n) is 4.27. The Kier molecular flexibility index (Phi) is 8.49. The average molecular weight is 367 g/mol. The summed E-state index contributed by atoms with van der Waals surface area (Å²) in [4.78, 5) is 9.96. The molecule has 0 aromatic carbocycles. The Morgan fingerprint density at radius 2 is 1.96 bits per heavy atom. The Bertz CT molecular complexity index is 420. The fraction of sp³-hybridized carbons (Fsp3) is 0.950. The lowest BCUT2D eigenvalue weighted by Gasteiger charge is -2.24. The van der Waals surface area contributed by atoms with E-state index in [1.165, 1.54) is 38.9 Å². The molecule has 3 fully saturated rings. The third-order valence-corrected chi connectivity index (χ3v) is 5.72. The van der Waals surface area contributed by atoms with Crippen molar-refractivity contribution in [2.75, 3.05) is 65.6 Å². The molecule has 1 N–H and O–H groups in total. The molecule has 6 heteroatoms. The molecule has 0 aromatic heterocycles. The van der Waals surface area contributed by atoms with Crippen LogP contribution in [0.25, 0.3) is 0 Å². The van der Waals surface area contributed by atoms with E-state index in [1.807, 2.05) is 0 Å². The van der Waals surface area contributed by atoms with Gasteiger partial charge in [0, 0.05) is 52.5 Å². The Labute approximate surface area is 159 Å². The Hall–Kier alpha value is -0.850. The number of likely N-dealkylation sites (tertiary alicyclic amines) is 2. The van der Waals surface area contributed by atoms with E-state index in [4.69, 9.17) is 14.5 Å². The van der Waals surface area contributed by atoms with Crippen LogP contribution in [0.3, 0.4) is 0 Å². The summed E-state index contributed by atoms with van der Waals surface area (Å²) in [5.74, 6) is 1.90. The lowest BCUT2D eigenvalue weighted by atomic mass is 10.1. The molecule has 0 aliphatic carbocycles. The first-order chi connectivity index (χ1) is 12.8. The van der Waals surface area contributed by atoms with Crippen LogP contribution in [0.5, 0.6) is 0 Å². The van der Waals surface area contributed by atoms with Gasteiger partial charge < -0.3 is 24.6 Å². The molecule has 0 spiro atoms. The van der Waals surface area contributed by atoms with Crippen LogP contribution < -0.4 is 5.32 Å². The lowest BCUT2D eigenvalue weighted by molar-refractivity contribution is -0.0318. The van der Waals surface area contributed by atoms with Gasteiger partial charge in [0.1, 0.15) is 0 Å². The van der Waals surface area contributed by atoms with Crippen molar-refractivity contribution in [2.24, 2.45) is 10.9 Å². The second-order valence-electron chi connectivity index (χ2n) is 7.88. The maximum atomic E-state index is 5.95. The predicted octanol–water partition coefficient (Wildman–Crippen LogP) is 1.96. The van der Waals surface area contributed by atoms with Gasteiger partial charge in [0.2, 0.25) is 0 Å². The van der Waals surface area contributed by atoms with Gasteiger partial charge in [-0.25, -0.2) is 0 Å². The monoisotopic (exact) mass is 366 g/mol. The van der Waals surface area contributed by atoms with E-state index < -0.39 is 0 Å². The summed E-state index contributed by atoms with van der Waals surface area (Å²) in [6.07, 6.45) is 7.54. The third-order valence-electron chi connectivity index (χ3n) is 5.72. The summed E-state index contributed by atoms with van der Waals surface area (Å²) in [5.41, 5.74) is 0. The van der Waals surface area contributed by atoms with Crippen LogP contribution in [0.2, 0.25) is 0 Å². The number of hydrogen-bond donors (Lipinski definition) is 1. The Morgan fingerprint density at radius 3 is 2.73 bits per heavy atom. The molecule has 1 unspecified atom stereocenters. The molecule has 3 heterocycles. The van der Waals surface area contributed by atoms with Gasteiger partial charge in [-0.2, -0.15) is 0 Å². The van der Waals surface area contributed by atoms with Crippen molar-refractivity contribution in [3.8, 4) is 0 Å². The van der Waals surface area contributed by atoms with Crippen LogP contribution in [0.15, 0.2) is 4.99 Å². The summed E-state index contributed by atoms with van der Waals surface area (Å²) in [7, 11) is 0. The van der Waals surface area contributed by atoms with Crippen molar-refractivity contribution in [1.29, 1.82) is 0 Å². The first kappa shape index (κ1) is 19.9. The Morgan fingerprint density at radius 1 is 1.15 bits per heavy atom. The molecular formula is C20H38N4O2. The van der Waals surface area contributed by atoms with Gasteiger partial charge in [-0.1, -0.05) is 0 Å². The van der Waals surface area contributed by atoms with E-state index in [9.17, 15) is 0 Å². The normalized spacial score (nSPS) is 26.0. The summed E-state index contributed by atoms with van der Waals surface area (Å²) in [5, 5.41) is 3.48. The van der Waals surface area contributed by atoms with E-state index in [2.05, 4.69) is 22.0 Å². The first-order valence-electron chi connectivity index (χ1n) is 10.8. The van der Waals surface area contributed by atoms with Crippen molar-refractivity contribution in [1.82, 2.24) is 15.1 Å². The number of aliphatic imine (C=N–C) groups is 1. The van der Waals surface area contributed by atoms with Gasteiger partial charge in [0.05, 0.1) is 6.10 Å². The van der Waals surface area contributed by atoms with Crippen molar-refractivity contribution in [3.63, 3.8) is 0 Å². The predicted molar refractivity (Wildman–Crippen MR) is 106 cm³/mol. The van der Waals surface area contributed by atoms with Crippen LogP contribution in [-0.2, 0) is 9.47 Å². The highest BCUT2D eigenvalue weighted by Crippen LogP contribution is 2.20. The number of hydrogen-bond acceptors (Lipinski definition) is 4. The fourth-order valence-corrected chi connectivity index (χ4v) is 4.27. The number of rotatable bonds is 8. The van der Waals surface area contributed by atoms with Gasteiger partial charge in [0.15, 0.2) is 5.96 Å². The van der Waals surface area contributed by atoms with E-state index in [0.29, 0.717) is 6.10 Å². The maximum absolute atomic E-state index is 5.95. The average Bonchev–Trinajstić information content (AvgIpc) is 3.34. The minimum atomic E-state index is 0.394. The van der Waals surface area contributed by atoms with E-state index in [0.717, 1.165) is 77.1 Å². The molecule has 6 nitrogen and oxygen atoms in total. The standard InChI is InChI=1S/C20H38N4O2/c1-2-21-20(22-9-5-13-26-19-7-14-25-15-8-19)24-12-6-18(17-24)16-23-10-3-4-11-23/h18-19H,2-17H2,1H3,(H,21,22). The minimum Gasteiger partial charge on any atom is -0.381 e. The zero-order valence-corrected chi connectivity index (χ0v) is 16.6. The third kappa shape index (κ3) is 6.39. The van der Waals surface area contributed by atoms with Gasteiger partial charge >= 0.3 is 0 Å². The number of guanidine groups is 1. The van der Waals surface area contributed by atoms with Crippen molar-refractivity contribution >= 4 is 5.96 Å². The quantitative estimate of drug-likeness (QED) is 0.404. The lowest BCUT2D eigenvalue weighted by Crippen LogP contribution is -2.40. The van der Waals surface area contributed by atoms with Crippen LogP contribution in [-0.4, -0.2) is 87.5 Å². The maximum Gasteiger partial charge on any atom is 0.193 e. The zero-order valence-electron chi connectivity index (χ0n) is 16.6. The summed E-state index contributed by atoms with van der Waals surface area (Å²) in [6, 6.07) is 0. The first-order valence-corrected chi connectivity index (χ1v) is 10.8. The number of nitrogens with one attached hydrogen (secondary N) is 1. The zero-order chi connectivity index (χ0) is 18.0. The van der Waals surface area contributed by atoms with E-state index >= 15 is 0 Å². The van der Waals surface area contributed by atoms with Crippen molar-refractivity contribution in [2.45, 2.75) is 51.6 Å². The highest BCUT2D eigenvalue weighted by Gasteiger charge is 2.27. The number of ether oxygens (including phenoxy) is 2. The Balaban J connectivity index is 1.36. The molecule has 0 amide bonds. The van der Waals surface area contributed by atoms with Gasteiger partial charge in [0.25, 0.3) is 0 Å². The molecule has 3 saturated heterocycles. The molecule has 0 aromatic rings. The molecule has 3 rings (SSSR count). The summed E-state index contributed by atoms with van der Waals surface area (Å²) in [6.45, 7) is 12.6. The summed E-state index contributed by atoms with van der Waals surface area (Å²) >= 11 is 0. The van der Waals surface area contributed by atoms with Crippen LogP contribution in [0, 0.1) is 5.92 Å². The largest absolute Gasteiger partial charge is 0.381 e. The van der Waals surface area contributed by atoms with Gasteiger partial charge in [-0.05, 0) is 64.5 Å². The second kappa shape index (κ2) is 11.1. The van der Waals surface area contributed by atoms with E-state index in [-0.39, 0.29) is 0 Å². The second-order valence-corrected chi connectivity index (χ2v) is 7.88. The topological polar surface area (TPSA) is 49.3 Å². The smallest absolute Gasteiger partial charge is 0.193 e. The molecule has 0 radical (unpaired) electrons. The molecular weight excluding hydrogens is 328 g/mol.